The Labute approximate surface area is 143 Å². The molecule has 1 saturated carbocycles. The molecule has 1 aromatic carbocycles. The minimum atomic E-state index is -0.970. The number of halogens is 2. The van der Waals surface area contributed by atoms with E-state index in [9.17, 15) is 8.78 Å². The van der Waals surface area contributed by atoms with Gasteiger partial charge < -0.3 is 4.74 Å². The highest BCUT2D eigenvalue weighted by atomic mass is 19.2. The van der Waals surface area contributed by atoms with Gasteiger partial charge in [0, 0.05) is 6.42 Å². The highest BCUT2D eigenvalue weighted by Crippen LogP contribution is 2.35. The summed E-state index contributed by atoms with van der Waals surface area (Å²) in [5.74, 6) is -0.522. The molecule has 130 valence electrons. The molecule has 1 aliphatic carbocycles. The zero-order valence-electron chi connectivity index (χ0n) is 14.5. The van der Waals surface area contributed by atoms with E-state index in [0.29, 0.717) is 5.92 Å². The van der Waals surface area contributed by atoms with Crippen molar-refractivity contribution in [2.24, 2.45) is 5.92 Å². The minimum Gasteiger partial charge on any atom is -0.494 e. The number of hydrogen-bond donors (Lipinski definition) is 0. The third-order valence-electron chi connectivity index (χ3n) is 4.77. The Morgan fingerprint density at radius 2 is 1.79 bits per heavy atom. The van der Waals surface area contributed by atoms with Crippen LogP contribution in [0, 0.1) is 5.92 Å². The lowest BCUT2D eigenvalue weighted by Gasteiger charge is -2.26. The molecule has 0 bridgehead atoms. The zero-order chi connectivity index (χ0) is 17.5. The van der Waals surface area contributed by atoms with E-state index in [2.05, 4.69) is 25.6 Å². The van der Waals surface area contributed by atoms with Crippen LogP contribution in [0.15, 0.2) is 60.4 Å². The van der Waals surface area contributed by atoms with Gasteiger partial charge in [-0.1, -0.05) is 56.7 Å². The second-order valence-corrected chi connectivity index (χ2v) is 6.56. The first-order valence-electron chi connectivity index (χ1n) is 8.55. The summed E-state index contributed by atoms with van der Waals surface area (Å²) in [5.41, 5.74) is 2.06. The van der Waals surface area contributed by atoms with Crippen molar-refractivity contribution in [2.75, 3.05) is 7.11 Å². The van der Waals surface area contributed by atoms with Crippen LogP contribution in [0.25, 0.3) is 0 Å². The van der Waals surface area contributed by atoms with Crippen LogP contribution < -0.4 is 0 Å². The van der Waals surface area contributed by atoms with Crippen LogP contribution in [0.5, 0.6) is 0 Å². The number of benzene rings is 1. The molecule has 1 fully saturated rings. The Balaban J connectivity index is 2.05. The van der Waals surface area contributed by atoms with E-state index in [1.54, 1.807) is 0 Å². The first-order valence-corrected chi connectivity index (χ1v) is 8.55. The van der Waals surface area contributed by atoms with Gasteiger partial charge in [-0.15, -0.1) is 0 Å². The molecule has 0 aliphatic heterocycles. The van der Waals surface area contributed by atoms with E-state index in [1.807, 2.05) is 12.1 Å². The maximum atomic E-state index is 14.1. The fraction of sp³-hybridized carbons (Fsp3) is 0.429. The summed E-state index contributed by atoms with van der Waals surface area (Å²) < 4.78 is 32.9. The van der Waals surface area contributed by atoms with Gasteiger partial charge in [0.05, 0.1) is 7.11 Å². The number of hydrogen-bond acceptors (Lipinski definition) is 1. The van der Waals surface area contributed by atoms with E-state index in [1.165, 1.54) is 50.5 Å². The van der Waals surface area contributed by atoms with Gasteiger partial charge in [0.2, 0.25) is 0 Å². The lowest BCUT2D eigenvalue weighted by Crippen LogP contribution is -2.10. The van der Waals surface area contributed by atoms with Gasteiger partial charge in [-0.05, 0) is 41.9 Å². The topological polar surface area (TPSA) is 9.23 Å². The summed E-state index contributed by atoms with van der Waals surface area (Å²) in [6, 6.07) is 7.89. The number of ether oxygens (including phenoxy) is 1. The molecule has 1 aliphatic rings. The molecule has 0 unspecified atom stereocenters. The van der Waals surface area contributed by atoms with Crippen LogP contribution >= 0.6 is 0 Å². The van der Waals surface area contributed by atoms with Crippen LogP contribution in [0.3, 0.4) is 0 Å². The number of methoxy groups -OCH3 is 1. The van der Waals surface area contributed by atoms with Gasteiger partial charge in [-0.25, -0.2) is 4.39 Å². The van der Waals surface area contributed by atoms with Gasteiger partial charge in [0.1, 0.15) is 5.83 Å². The second-order valence-electron chi connectivity index (χ2n) is 6.56. The molecule has 0 N–H and O–H groups in total. The molecule has 1 aromatic rings. The molecule has 0 amide bonds. The highest BCUT2D eigenvalue weighted by molar-refractivity contribution is 5.31. The van der Waals surface area contributed by atoms with Crippen molar-refractivity contribution in [3.63, 3.8) is 0 Å². The fourth-order valence-electron chi connectivity index (χ4n) is 3.23. The summed E-state index contributed by atoms with van der Waals surface area (Å²) in [6.45, 7) is 5.77. The van der Waals surface area contributed by atoms with Crippen molar-refractivity contribution in [1.82, 2.24) is 0 Å². The Morgan fingerprint density at radius 3 is 2.33 bits per heavy atom. The Kier molecular flexibility index (Phi) is 6.77. The zero-order valence-corrected chi connectivity index (χ0v) is 14.5. The van der Waals surface area contributed by atoms with E-state index in [4.69, 9.17) is 4.74 Å². The molecule has 0 heterocycles. The minimum absolute atomic E-state index is 0.0777. The first-order chi connectivity index (χ1) is 11.5. The van der Waals surface area contributed by atoms with E-state index in [0.717, 1.165) is 11.5 Å². The van der Waals surface area contributed by atoms with Crippen molar-refractivity contribution in [3.05, 3.63) is 71.5 Å². The maximum Gasteiger partial charge on any atom is 0.196 e. The van der Waals surface area contributed by atoms with Crippen molar-refractivity contribution in [2.45, 2.75) is 44.9 Å². The summed E-state index contributed by atoms with van der Waals surface area (Å²) in [4.78, 5) is 0. The van der Waals surface area contributed by atoms with Crippen LogP contribution in [0.2, 0.25) is 0 Å². The SMILES string of the molecule is C=C/C=C(OC)\C(F)=C(\F)Cc1ccc(C2CCC(C)CC2)cc1. The van der Waals surface area contributed by atoms with Crippen molar-refractivity contribution >= 4 is 0 Å². The van der Waals surface area contributed by atoms with Crippen LogP contribution in [-0.2, 0) is 11.2 Å². The molecule has 3 heteroatoms. The first kappa shape index (κ1) is 18.4. The van der Waals surface area contributed by atoms with Crippen LogP contribution in [0.4, 0.5) is 8.78 Å². The van der Waals surface area contributed by atoms with E-state index < -0.39 is 11.7 Å². The summed E-state index contributed by atoms with van der Waals surface area (Å²) in [6.07, 6.45) is 7.56. The lowest BCUT2D eigenvalue weighted by molar-refractivity contribution is 0.278. The highest BCUT2D eigenvalue weighted by Gasteiger charge is 2.19. The molecular weight excluding hydrogens is 306 g/mol. The van der Waals surface area contributed by atoms with Crippen molar-refractivity contribution < 1.29 is 13.5 Å². The smallest absolute Gasteiger partial charge is 0.196 e. The molecule has 0 aromatic heterocycles. The summed E-state index contributed by atoms with van der Waals surface area (Å²) >= 11 is 0. The number of rotatable bonds is 6. The molecule has 24 heavy (non-hydrogen) atoms. The Morgan fingerprint density at radius 1 is 1.17 bits per heavy atom. The number of allylic oxidation sites excluding steroid dienone is 4. The van der Waals surface area contributed by atoms with Crippen LogP contribution in [-0.4, -0.2) is 7.11 Å². The maximum absolute atomic E-state index is 14.1. The average molecular weight is 332 g/mol. The third kappa shape index (κ3) is 4.80. The van der Waals surface area contributed by atoms with E-state index >= 15 is 0 Å². The predicted octanol–water partition coefficient (Wildman–Crippen LogP) is 6.39. The van der Waals surface area contributed by atoms with Gasteiger partial charge in [0.15, 0.2) is 11.6 Å². The van der Waals surface area contributed by atoms with Crippen LogP contribution in [0.1, 0.15) is 49.7 Å². The fourth-order valence-corrected chi connectivity index (χ4v) is 3.23. The Bertz CT molecular complexity index is 605. The second kappa shape index (κ2) is 8.81. The normalized spacial score (nSPS) is 22.8. The monoisotopic (exact) mass is 332 g/mol. The van der Waals surface area contributed by atoms with Gasteiger partial charge in [-0.3, -0.25) is 0 Å². The van der Waals surface area contributed by atoms with Gasteiger partial charge in [0.25, 0.3) is 0 Å². The van der Waals surface area contributed by atoms with Crippen molar-refractivity contribution in [3.8, 4) is 0 Å². The Hall–Kier alpha value is -1.90. The molecule has 1 nitrogen and oxygen atoms in total. The van der Waals surface area contributed by atoms with Gasteiger partial charge >= 0.3 is 0 Å². The predicted molar refractivity (Wildman–Crippen MR) is 95.1 cm³/mol. The van der Waals surface area contributed by atoms with Gasteiger partial charge in [-0.2, -0.15) is 4.39 Å². The summed E-state index contributed by atoms with van der Waals surface area (Å²) in [7, 11) is 1.31. The molecule has 0 spiro atoms. The lowest BCUT2D eigenvalue weighted by atomic mass is 9.79. The van der Waals surface area contributed by atoms with E-state index in [-0.39, 0.29) is 12.2 Å². The molecular formula is C21H26F2O. The molecule has 0 atom stereocenters. The third-order valence-corrected chi connectivity index (χ3v) is 4.77. The largest absolute Gasteiger partial charge is 0.494 e. The standard InChI is InChI=1S/C21H26F2O/c1-4-5-20(24-3)21(23)19(22)14-16-8-12-18(13-9-16)17-10-6-15(2)7-11-17/h4-5,8-9,12-13,15,17H,1,6-7,10-11,14H2,2-3H3/b20-5+,21-19-. The summed E-state index contributed by atoms with van der Waals surface area (Å²) in [5, 5.41) is 0. The molecule has 2 rings (SSSR count). The molecule has 0 radical (unpaired) electrons. The molecule has 0 saturated heterocycles. The van der Waals surface area contributed by atoms with Crippen molar-refractivity contribution in [1.29, 1.82) is 0 Å². The quantitative estimate of drug-likeness (QED) is 0.433. The average Bonchev–Trinajstić information content (AvgIpc) is 2.60.